The van der Waals surface area contributed by atoms with Crippen molar-refractivity contribution in [2.75, 3.05) is 19.0 Å². The Labute approximate surface area is 208 Å². The first-order chi connectivity index (χ1) is 16.9. The van der Waals surface area contributed by atoms with Gasteiger partial charge in [-0.3, -0.25) is 5.32 Å². The van der Waals surface area contributed by atoms with Gasteiger partial charge in [0.2, 0.25) is 0 Å². The normalized spacial score (nSPS) is 15.2. The number of thiocarbonyl (C=S) groups is 1. The van der Waals surface area contributed by atoms with E-state index in [2.05, 4.69) is 20.7 Å². The molecule has 1 unspecified atom stereocenters. The van der Waals surface area contributed by atoms with Crippen LogP contribution in [-0.4, -0.2) is 40.7 Å². The highest BCUT2D eigenvalue weighted by Crippen LogP contribution is 2.35. The number of nitrogens with one attached hydrogen (secondary N) is 3. The molecule has 0 fully saturated rings. The third-order valence-electron chi connectivity index (χ3n) is 5.43. The summed E-state index contributed by atoms with van der Waals surface area (Å²) in [6.45, 7) is 3.80. The van der Waals surface area contributed by atoms with Crippen molar-refractivity contribution in [1.82, 2.24) is 20.4 Å². The molecule has 1 atom stereocenters. The van der Waals surface area contributed by atoms with E-state index in [4.69, 9.17) is 22.1 Å². The first-order valence-electron chi connectivity index (χ1n) is 11.0. The molecule has 0 radical (unpaired) electrons. The van der Waals surface area contributed by atoms with Gasteiger partial charge in [0.25, 0.3) is 0 Å². The number of carbonyl (C=O) groups is 2. The minimum absolute atomic E-state index is 0.248. The van der Waals surface area contributed by atoms with Crippen molar-refractivity contribution in [2.45, 2.75) is 19.9 Å². The summed E-state index contributed by atoms with van der Waals surface area (Å²) in [4.78, 5) is 24.5. The molecule has 1 aliphatic rings. The number of ether oxygens (including phenoxy) is 2. The van der Waals surface area contributed by atoms with Gasteiger partial charge >= 0.3 is 12.1 Å². The highest BCUT2D eigenvalue weighted by atomic mass is 32.1. The van der Waals surface area contributed by atoms with Crippen LogP contribution in [0.4, 0.5) is 10.5 Å². The van der Waals surface area contributed by atoms with Gasteiger partial charge in [-0.1, -0.05) is 30.3 Å². The maximum atomic E-state index is 12.9. The number of hydrogen-bond donors (Lipinski definition) is 3. The number of benzene rings is 2. The average Bonchev–Trinajstić information content (AvgIpc) is 3.30. The van der Waals surface area contributed by atoms with Gasteiger partial charge in [-0.25, -0.2) is 14.3 Å². The van der Waals surface area contributed by atoms with Crippen LogP contribution in [0, 0.1) is 0 Å². The first kappa shape index (κ1) is 24.0. The summed E-state index contributed by atoms with van der Waals surface area (Å²) in [7, 11) is 1.30. The zero-order chi connectivity index (χ0) is 24.9. The van der Waals surface area contributed by atoms with Crippen LogP contribution in [-0.2, 0) is 14.3 Å². The molecule has 180 valence electrons. The van der Waals surface area contributed by atoms with Crippen LogP contribution in [0.15, 0.2) is 72.1 Å². The van der Waals surface area contributed by atoms with E-state index in [-0.39, 0.29) is 6.61 Å². The van der Waals surface area contributed by atoms with E-state index in [1.807, 2.05) is 48.7 Å². The number of esters is 1. The van der Waals surface area contributed by atoms with Gasteiger partial charge in [0.15, 0.2) is 5.11 Å². The van der Waals surface area contributed by atoms with E-state index in [0.29, 0.717) is 27.8 Å². The molecule has 1 aliphatic heterocycles. The Morgan fingerprint density at radius 3 is 2.51 bits per heavy atom. The molecule has 0 bridgehead atoms. The molecule has 3 N–H and O–H groups in total. The van der Waals surface area contributed by atoms with Crippen molar-refractivity contribution in [2.24, 2.45) is 0 Å². The molecule has 4 rings (SSSR count). The van der Waals surface area contributed by atoms with E-state index < -0.39 is 18.1 Å². The van der Waals surface area contributed by atoms with E-state index in [9.17, 15) is 9.59 Å². The molecule has 0 saturated heterocycles. The summed E-state index contributed by atoms with van der Waals surface area (Å²) < 4.78 is 11.8. The lowest BCUT2D eigenvalue weighted by Gasteiger charge is -2.29. The summed E-state index contributed by atoms with van der Waals surface area (Å²) in [5.74, 6) is -0.437. The van der Waals surface area contributed by atoms with Gasteiger partial charge in [-0.15, -0.1) is 0 Å². The van der Waals surface area contributed by atoms with Crippen LogP contribution in [0.1, 0.15) is 25.5 Å². The summed E-state index contributed by atoms with van der Waals surface area (Å²) in [5.41, 5.74) is 4.67. The number of aromatic nitrogens is 2. The highest BCUT2D eigenvalue weighted by molar-refractivity contribution is 7.80. The third kappa shape index (κ3) is 5.17. The fourth-order valence-electron chi connectivity index (χ4n) is 3.82. The molecule has 1 aromatic heterocycles. The Bertz CT molecular complexity index is 1280. The predicted molar refractivity (Wildman–Crippen MR) is 136 cm³/mol. The Balaban J connectivity index is 1.83. The molecule has 1 amide bonds. The van der Waals surface area contributed by atoms with Gasteiger partial charge in [0.1, 0.15) is 0 Å². The lowest BCUT2D eigenvalue weighted by molar-refractivity contribution is -0.139. The Morgan fingerprint density at radius 2 is 1.86 bits per heavy atom. The third-order valence-corrected chi connectivity index (χ3v) is 5.65. The molecule has 2 aromatic carbocycles. The molecule has 2 heterocycles. The second kappa shape index (κ2) is 10.4. The molecule has 0 saturated carbocycles. The van der Waals surface area contributed by atoms with Gasteiger partial charge in [0.05, 0.1) is 36.7 Å². The molecule has 0 aliphatic carbocycles. The number of nitrogens with zero attached hydrogens (tertiary/aromatic N) is 2. The zero-order valence-electron chi connectivity index (χ0n) is 19.5. The van der Waals surface area contributed by atoms with Crippen molar-refractivity contribution in [3.05, 3.63) is 77.6 Å². The number of carbonyl (C=O) groups excluding carboxylic acids is 2. The summed E-state index contributed by atoms with van der Waals surface area (Å²) in [6, 6.07) is 16.3. The monoisotopic (exact) mass is 491 g/mol. The minimum Gasteiger partial charge on any atom is -0.463 e. The van der Waals surface area contributed by atoms with E-state index >= 15 is 0 Å². The standard InChI is InChI=1S/C25H25N5O4S/c1-4-34-23(31)20-15(2)26-24(35)28-22(20)19-14-30(18-8-6-5-7-9-18)29-21(19)16-10-12-17(13-11-16)27-25(32)33-3/h5-14,22H,4H2,1-3H3,(H,27,32)(H2,26,28,35). The van der Waals surface area contributed by atoms with Crippen molar-refractivity contribution in [1.29, 1.82) is 0 Å². The van der Waals surface area contributed by atoms with Crippen molar-refractivity contribution in [3.63, 3.8) is 0 Å². The summed E-state index contributed by atoms with van der Waals surface area (Å²) in [5, 5.41) is 14.1. The largest absolute Gasteiger partial charge is 0.463 e. The van der Waals surface area contributed by atoms with Gasteiger partial charge in [-0.2, -0.15) is 5.10 Å². The Kier molecular flexibility index (Phi) is 7.11. The second-order valence-electron chi connectivity index (χ2n) is 7.70. The number of rotatable bonds is 6. The van der Waals surface area contributed by atoms with E-state index in [1.165, 1.54) is 7.11 Å². The molecule has 10 heteroatoms. The van der Waals surface area contributed by atoms with Gasteiger partial charge in [-0.05, 0) is 50.3 Å². The number of anilines is 1. The quantitative estimate of drug-likeness (QED) is 0.350. The van der Waals surface area contributed by atoms with Gasteiger partial charge < -0.3 is 20.1 Å². The summed E-state index contributed by atoms with van der Waals surface area (Å²) in [6.07, 6.45) is 1.32. The summed E-state index contributed by atoms with van der Waals surface area (Å²) >= 11 is 5.41. The van der Waals surface area contributed by atoms with Crippen LogP contribution in [0.2, 0.25) is 0 Å². The first-order valence-corrected chi connectivity index (χ1v) is 11.4. The van der Waals surface area contributed by atoms with Gasteiger partial charge in [0, 0.05) is 28.7 Å². The molecule has 0 spiro atoms. The number of hydrogen-bond acceptors (Lipinski definition) is 6. The predicted octanol–water partition coefficient (Wildman–Crippen LogP) is 4.07. The minimum atomic E-state index is -0.580. The lowest BCUT2D eigenvalue weighted by atomic mass is 9.94. The number of methoxy groups -OCH3 is 1. The molecule has 3 aromatic rings. The van der Waals surface area contributed by atoms with Crippen molar-refractivity contribution >= 4 is 35.1 Å². The number of allylic oxidation sites excluding steroid dienone is 1. The van der Waals surface area contributed by atoms with Crippen LogP contribution in [0.25, 0.3) is 16.9 Å². The molecular weight excluding hydrogens is 466 g/mol. The zero-order valence-corrected chi connectivity index (χ0v) is 20.3. The molecular formula is C25H25N5O4S. The van der Waals surface area contributed by atoms with E-state index in [0.717, 1.165) is 16.8 Å². The molecule has 35 heavy (non-hydrogen) atoms. The SMILES string of the molecule is CCOC(=O)C1=C(C)NC(=S)NC1c1cn(-c2ccccc2)nc1-c1ccc(NC(=O)OC)cc1. The number of para-hydroxylation sites is 1. The smallest absolute Gasteiger partial charge is 0.411 e. The fourth-order valence-corrected chi connectivity index (χ4v) is 4.09. The Hall–Kier alpha value is -4.18. The topological polar surface area (TPSA) is 107 Å². The van der Waals surface area contributed by atoms with E-state index in [1.54, 1.807) is 30.7 Å². The van der Waals surface area contributed by atoms with Crippen LogP contribution in [0.5, 0.6) is 0 Å². The molecule has 9 nitrogen and oxygen atoms in total. The lowest BCUT2D eigenvalue weighted by Crippen LogP contribution is -2.45. The van der Waals surface area contributed by atoms with Crippen molar-refractivity contribution in [3.8, 4) is 16.9 Å². The van der Waals surface area contributed by atoms with Crippen LogP contribution in [0.3, 0.4) is 0 Å². The maximum Gasteiger partial charge on any atom is 0.411 e. The van der Waals surface area contributed by atoms with Crippen molar-refractivity contribution < 1.29 is 19.1 Å². The highest BCUT2D eigenvalue weighted by Gasteiger charge is 2.34. The maximum absolute atomic E-state index is 12.9. The van der Waals surface area contributed by atoms with Crippen LogP contribution >= 0.6 is 12.2 Å². The Morgan fingerprint density at radius 1 is 1.14 bits per heavy atom. The fraction of sp³-hybridized carbons (Fsp3) is 0.200. The number of amides is 1. The average molecular weight is 492 g/mol. The van der Waals surface area contributed by atoms with Crippen LogP contribution < -0.4 is 16.0 Å². The second-order valence-corrected chi connectivity index (χ2v) is 8.11.